The zero-order chi connectivity index (χ0) is 19.9. The van der Waals surface area contributed by atoms with Crippen molar-refractivity contribution in [3.05, 3.63) is 66.2 Å². The van der Waals surface area contributed by atoms with E-state index >= 15 is 0 Å². The van der Waals surface area contributed by atoms with Crippen LogP contribution in [-0.4, -0.2) is 36.9 Å². The first-order chi connectivity index (χ1) is 13.2. The predicted octanol–water partition coefficient (Wildman–Crippen LogP) is 3.71. The Morgan fingerprint density at radius 2 is 1.64 bits per heavy atom. The standard InChI is InChI=1S/C19H15F3N2O3S/c20-19(21,22)14-6-8-16(9-7-14)28(25,26)24-11-15(12-24)27-18-10-5-13-3-1-2-4-17(13)23-18/h1-10,15H,11-12H2. The predicted molar refractivity (Wildman–Crippen MR) is 96.4 cm³/mol. The van der Waals surface area contributed by atoms with Crippen LogP contribution in [0.25, 0.3) is 10.9 Å². The van der Waals surface area contributed by atoms with Crippen molar-refractivity contribution in [1.82, 2.24) is 9.29 Å². The molecule has 1 aromatic heterocycles. The molecule has 3 aromatic rings. The van der Waals surface area contributed by atoms with Crippen LogP contribution in [0.1, 0.15) is 5.56 Å². The fourth-order valence-corrected chi connectivity index (χ4v) is 4.42. The Balaban J connectivity index is 1.42. The first-order valence-electron chi connectivity index (χ1n) is 8.43. The van der Waals surface area contributed by atoms with Crippen LogP contribution in [0.4, 0.5) is 13.2 Å². The third kappa shape index (κ3) is 3.55. The fraction of sp³-hybridized carbons (Fsp3) is 0.211. The van der Waals surface area contributed by atoms with Gasteiger partial charge in [0, 0.05) is 11.5 Å². The maximum Gasteiger partial charge on any atom is 0.416 e. The van der Waals surface area contributed by atoms with Crippen LogP contribution in [-0.2, 0) is 16.2 Å². The van der Waals surface area contributed by atoms with Crippen molar-refractivity contribution in [2.75, 3.05) is 13.1 Å². The molecule has 0 atom stereocenters. The molecule has 5 nitrogen and oxygen atoms in total. The topological polar surface area (TPSA) is 59.5 Å². The maximum absolute atomic E-state index is 12.6. The van der Waals surface area contributed by atoms with Crippen molar-refractivity contribution in [2.45, 2.75) is 17.2 Å². The molecule has 1 fully saturated rings. The second kappa shape index (κ2) is 6.75. The molecule has 1 aliphatic rings. The van der Waals surface area contributed by atoms with Gasteiger partial charge in [-0.1, -0.05) is 18.2 Å². The number of para-hydroxylation sites is 1. The molecule has 0 saturated carbocycles. The van der Waals surface area contributed by atoms with E-state index in [2.05, 4.69) is 4.98 Å². The summed E-state index contributed by atoms with van der Waals surface area (Å²) >= 11 is 0. The first kappa shape index (κ1) is 18.7. The molecular formula is C19H15F3N2O3S. The number of rotatable bonds is 4. The summed E-state index contributed by atoms with van der Waals surface area (Å²) in [6.45, 7) is 0.218. The highest BCUT2D eigenvalue weighted by Gasteiger charge is 2.39. The Kier molecular flexibility index (Phi) is 4.51. The Bertz CT molecular complexity index is 1110. The van der Waals surface area contributed by atoms with Gasteiger partial charge in [0.25, 0.3) is 0 Å². The molecular weight excluding hydrogens is 393 g/mol. The number of alkyl halides is 3. The van der Waals surface area contributed by atoms with E-state index in [9.17, 15) is 21.6 Å². The molecule has 28 heavy (non-hydrogen) atoms. The summed E-state index contributed by atoms with van der Waals surface area (Å²) in [5, 5.41) is 0.968. The van der Waals surface area contributed by atoms with Gasteiger partial charge < -0.3 is 4.74 Å². The summed E-state index contributed by atoms with van der Waals surface area (Å²) in [6, 6.07) is 14.6. The minimum absolute atomic E-state index is 0.109. The largest absolute Gasteiger partial charge is 0.472 e. The average Bonchev–Trinajstić information content (AvgIpc) is 2.63. The van der Waals surface area contributed by atoms with Gasteiger partial charge in [-0.05, 0) is 36.4 Å². The van der Waals surface area contributed by atoms with Gasteiger partial charge in [0.05, 0.1) is 29.1 Å². The molecule has 0 spiro atoms. The van der Waals surface area contributed by atoms with Crippen molar-refractivity contribution in [2.24, 2.45) is 0 Å². The molecule has 1 saturated heterocycles. The van der Waals surface area contributed by atoms with E-state index in [0.29, 0.717) is 5.88 Å². The summed E-state index contributed by atoms with van der Waals surface area (Å²) in [5.41, 5.74) is -0.118. The molecule has 2 aromatic carbocycles. The average molecular weight is 408 g/mol. The van der Waals surface area contributed by atoms with E-state index in [4.69, 9.17) is 4.74 Å². The van der Waals surface area contributed by atoms with E-state index in [0.717, 1.165) is 35.2 Å². The summed E-state index contributed by atoms with van der Waals surface area (Å²) in [7, 11) is -3.86. The minimum Gasteiger partial charge on any atom is -0.472 e. The van der Waals surface area contributed by atoms with Crippen LogP contribution in [0.3, 0.4) is 0 Å². The van der Waals surface area contributed by atoms with Crippen molar-refractivity contribution in [3.8, 4) is 5.88 Å². The highest BCUT2D eigenvalue weighted by Crippen LogP contribution is 2.31. The van der Waals surface area contributed by atoms with Crippen LogP contribution < -0.4 is 4.74 Å². The highest BCUT2D eigenvalue weighted by molar-refractivity contribution is 7.89. The van der Waals surface area contributed by atoms with Crippen LogP contribution in [0, 0.1) is 0 Å². The number of pyridine rings is 1. The van der Waals surface area contributed by atoms with E-state index in [1.165, 1.54) is 4.31 Å². The second-order valence-electron chi connectivity index (χ2n) is 6.43. The zero-order valence-corrected chi connectivity index (χ0v) is 15.2. The normalized spacial score (nSPS) is 16.1. The minimum atomic E-state index is -4.51. The van der Waals surface area contributed by atoms with Gasteiger partial charge in [-0.3, -0.25) is 0 Å². The van der Waals surface area contributed by atoms with Gasteiger partial charge in [-0.25, -0.2) is 13.4 Å². The number of ether oxygens (including phenoxy) is 1. The number of hydrogen-bond acceptors (Lipinski definition) is 4. The molecule has 0 aliphatic carbocycles. The quantitative estimate of drug-likeness (QED) is 0.661. The van der Waals surface area contributed by atoms with Crippen LogP contribution in [0.5, 0.6) is 5.88 Å². The summed E-state index contributed by atoms with van der Waals surface area (Å²) in [5.74, 6) is 0.398. The SMILES string of the molecule is O=S(=O)(c1ccc(C(F)(F)F)cc1)N1CC(Oc2ccc3ccccc3n2)C1. The fourth-order valence-electron chi connectivity index (χ4n) is 2.92. The third-order valence-electron chi connectivity index (χ3n) is 4.49. The van der Waals surface area contributed by atoms with Crippen molar-refractivity contribution in [1.29, 1.82) is 0 Å². The van der Waals surface area contributed by atoms with Crippen LogP contribution in [0.2, 0.25) is 0 Å². The smallest absolute Gasteiger partial charge is 0.416 e. The highest BCUT2D eigenvalue weighted by atomic mass is 32.2. The van der Waals surface area contributed by atoms with Gasteiger partial charge in [-0.15, -0.1) is 0 Å². The van der Waals surface area contributed by atoms with E-state index in [1.807, 2.05) is 30.3 Å². The van der Waals surface area contributed by atoms with Crippen molar-refractivity contribution < 1.29 is 26.3 Å². The second-order valence-corrected chi connectivity index (χ2v) is 8.36. The number of hydrogen-bond donors (Lipinski definition) is 0. The third-order valence-corrected chi connectivity index (χ3v) is 6.34. The lowest BCUT2D eigenvalue weighted by atomic mass is 10.2. The number of benzene rings is 2. The number of sulfonamides is 1. The molecule has 0 radical (unpaired) electrons. The molecule has 0 amide bonds. The monoisotopic (exact) mass is 408 g/mol. The maximum atomic E-state index is 12.6. The van der Waals surface area contributed by atoms with Crippen molar-refractivity contribution in [3.63, 3.8) is 0 Å². The van der Waals surface area contributed by atoms with Gasteiger partial charge in [0.15, 0.2) is 0 Å². The Hall–Kier alpha value is -2.65. The summed E-state index contributed by atoms with van der Waals surface area (Å²) < 4.78 is 69.8. The molecule has 1 aliphatic heterocycles. The van der Waals surface area contributed by atoms with Gasteiger partial charge in [-0.2, -0.15) is 17.5 Å². The number of fused-ring (bicyclic) bond motifs is 1. The van der Waals surface area contributed by atoms with Crippen molar-refractivity contribution >= 4 is 20.9 Å². The number of nitrogens with zero attached hydrogens (tertiary/aromatic N) is 2. The molecule has 0 N–H and O–H groups in total. The number of aromatic nitrogens is 1. The summed E-state index contributed by atoms with van der Waals surface area (Å²) in [6.07, 6.45) is -4.87. The van der Waals surface area contributed by atoms with E-state index in [1.54, 1.807) is 6.07 Å². The molecule has 146 valence electrons. The van der Waals surface area contributed by atoms with E-state index < -0.39 is 21.8 Å². The lowest BCUT2D eigenvalue weighted by Gasteiger charge is -2.37. The Morgan fingerprint density at radius 1 is 0.964 bits per heavy atom. The Labute approximate surface area is 159 Å². The molecule has 0 unspecified atom stereocenters. The molecule has 0 bridgehead atoms. The molecule has 9 heteroatoms. The number of halogens is 3. The molecule has 2 heterocycles. The van der Waals surface area contributed by atoms with Gasteiger partial charge in [0.2, 0.25) is 15.9 Å². The lowest BCUT2D eigenvalue weighted by Crippen LogP contribution is -2.56. The van der Waals surface area contributed by atoms with Gasteiger partial charge in [0.1, 0.15) is 6.10 Å². The molecule has 4 rings (SSSR count). The van der Waals surface area contributed by atoms with Gasteiger partial charge >= 0.3 is 6.18 Å². The van der Waals surface area contributed by atoms with Crippen LogP contribution >= 0.6 is 0 Å². The Morgan fingerprint density at radius 3 is 2.32 bits per heavy atom. The summed E-state index contributed by atoms with van der Waals surface area (Å²) in [4.78, 5) is 4.20. The van der Waals surface area contributed by atoms with Crippen LogP contribution in [0.15, 0.2) is 65.6 Å². The van der Waals surface area contributed by atoms with E-state index in [-0.39, 0.29) is 24.1 Å². The lowest BCUT2D eigenvalue weighted by molar-refractivity contribution is -0.137. The first-order valence-corrected chi connectivity index (χ1v) is 9.87. The zero-order valence-electron chi connectivity index (χ0n) is 14.4.